The Morgan fingerprint density at radius 2 is 2.45 bits per heavy atom. The number of nitrogens with one attached hydrogen (secondary N) is 1. The minimum atomic E-state index is 0.384. The van der Waals surface area contributed by atoms with Crippen LogP contribution in [0.3, 0.4) is 0 Å². The third-order valence-corrected chi connectivity index (χ3v) is 1.51. The van der Waals surface area contributed by atoms with Gasteiger partial charge in [0, 0.05) is 0 Å². The zero-order valence-electron chi connectivity index (χ0n) is 6.33. The molecule has 11 heavy (non-hydrogen) atoms. The lowest BCUT2D eigenvalue weighted by Crippen LogP contribution is -2.04. The number of aromatic amines is 1. The van der Waals surface area contributed by atoms with Crippen molar-refractivity contribution >= 4 is 22.9 Å². The van der Waals surface area contributed by atoms with Crippen LogP contribution in [0.5, 0.6) is 0 Å². The molecule has 1 aromatic heterocycles. The largest absolute Gasteiger partial charge is 0.378 e. The molecule has 0 aliphatic carbocycles. The molecule has 0 amide bonds. The maximum atomic E-state index is 5.43. The van der Waals surface area contributed by atoms with E-state index in [1.165, 1.54) is 11.8 Å². The van der Waals surface area contributed by atoms with E-state index < -0.39 is 0 Å². The molecular weight excluding hydrogens is 162 g/mol. The molecule has 0 atom stereocenters. The molecule has 0 aliphatic heterocycles. The maximum Gasteiger partial charge on any atom is 0.270 e. The summed E-state index contributed by atoms with van der Waals surface area (Å²) in [6, 6.07) is 0. The predicted molar refractivity (Wildman–Crippen MR) is 45.9 cm³/mol. The summed E-state index contributed by atoms with van der Waals surface area (Å²) in [4.78, 5) is 7.85. The van der Waals surface area contributed by atoms with Gasteiger partial charge in [0.05, 0.1) is 0 Å². The van der Waals surface area contributed by atoms with E-state index in [1.807, 2.05) is 6.26 Å². The van der Waals surface area contributed by atoms with Gasteiger partial charge in [-0.2, -0.15) is 9.98 Å². The van der Waals surface area contributed by atoms with Gasteiger partial charge in [0.25, 0.3) is 5.95 Å². The van der Waals surface area contributed by atoms with Crippen molar-refractivity contribution in [3.05, 3.63) is 5.82 Å². The molecule has 0 aromatic carbocycles. The number of rotatable bonds is 1. The molecule has 0 unspecified atom stereocenters. The number of aryl methyl sites for hydroxylation is 1. The number of thioether (sulfide) groups is 1. The van der Waals surface area contributed by atoms with Gasteiger partial charge in [-0.25, -0.2) is 0 Å². The van der Waals surface area contributed by atoms with Gasteiger partial charge in [-0.1, -0.05) is 11.8 Å². The molecule has 0 saturated heterocycles. The maximum absolute atomic E-state index is 5.43. The van der Waals surface area contributed by atoms with E-state index >= 15 is 0 Å². The first-order chi connectivity index (χ1) is 5.22. The van der Waals surface area contributed by atoms with Crippen LogP contribution in [0.4, 0.5) is 5.95 Å². The molecule has 5 nitrogen and oxygen atoms in total. The van der Waals surface area contributed by atoms with Gasteiger partial charge in [-0.15, -0.1) is 5.10 Å². The average Bonchev–Trinajstić information content (AvgIpc) is 2.35. The molecule has 0 spiro atoms. The summed E-state index contributed by atoms with van der Waals surface area (Å²) in [5.41, 5.74) is 5.43. The van der Waals surface area contributed by atoms with Crippen molar-refractivity contribution in [2.75, 3.05) is 6.26 Å². The first-order valence-corrected chi connectivity index (χ1v) is 4.22. The molecule has 0 aliphatic rings. The van der Waals surface area contributed by atoms with Gasteiger partial charge < -0.3 is 5.73 Å². The SMILES string of the molecule is CSC(N)=Nc1n[nH]c(C)n1. The normalized spacial score (nSPS) is 12.0. The van der Waals surface area contributed by atoms with E-state index in [4.69, 9.17) is 5.73 Å². The van der Waals surface area contributed by atoms with Gasteiger partial charge in [0.1, 0.15) is 5.82 Å². The average molecular weight is 171 g/mol. The number of hydrogen-bond donors (Lipinski definition) is 2. The lowest BCUT2D eigenvalue weighted by molar-refractivity contribution is 1.04. The highest BCUT2D eigenvalue weighted by atomic mass is 32.2. The van der Waals surface area contributed by atoms with Crippen molar-refractivity contribution in [3.63, 3.8) is 0 Å². The Morgan fingerprint density at radius 3 is 2.91 bits per heavy atom. The Labute approximate surface area is 68.5 Å². The van der Waals surface area contributed by atoms with Gasteiger partial charge in [-0.3, -0.25) is 5.10 Å². The highest BCUT2D eigenvalue weighted by molar-refractivity contribution is 8.13. The number of nitrogens with zero attached hydrogens (tertiary/aromatic N) is 3. The molecule has 6 heteroatoms. The fourth-order valence-electron chi connectivity index (χ4n) is 0.525. The van der Waals surface area contributed by atoms with Gasteiger partial charge in [0.2, 0.25) is 0 Å². The van der Waals surface area contributed by atoms with E-state index in [0.29, 0.717) is 11.1 Å². The van der Waals surface area contributed by atoms with Gasteiger partial charge >= 0.3 is 0 Å². The predicted octanol–water partition coefficient (Wildman–Crippen LogP) is 0.422. The zero-order valence-corrected chi connectivity index (χ0v) is 7.14. The monoisotopic (exact) mass is 171 g/mol. The van der Waals surface area contributed by atoms with Crippen LogP contribution in [-0.2, 0) is 0 Å². The molecule has 1 heterocycles. The summed E-state index contributed by atoms with van der Waals surface area (Å²) in [5, 5.41) is 6.91. The van der Waals surface area contributed by atoms with E-state index in [0.717, 1.165) is 5.82 Å². The molecular formula is C5H9N5S. The molecule has 0 saturated carbocycles. The van der Waals surface area contributed by atoms with Crippen LogP contribution < -0.4 is 5.73 Å². The second kappa shape index (κ2) is 3.38. The highest BCUT2D eigenvalue weighted by Gasteiger charge is 1.96. The number of aromatic nitrogens is 3. The second-order valence-corrected chi connectivity index (χ2v) is 2.70. The van der Waals surface area contributed by atoms with Crippen molar-refractivity contribution < 1.29 is 0 Å². The third kappa shape index (κ3) is 2.23. The summed E-state index contributed by atoms with van der Waals surface area (Å²) >= 11 is 1.36. The number of H-pyrrole nitrogens is 1. The Morgan fingerprint density at radius 1 is 1.73 bits per heavy atom. The summed E-state index contributed by atoms with van der Waals surface area (Å²) in [6.45, 7) is 1.81. The lowest BCUT2D eigenvalue weighted by atomic mass is 10.7. The number of hydrogen-bond acceptors (Lipinski definition) is 4. The first kappa shape index (κ1) is 8.06. The van der Waals surface area contributed by atoms with Gasteiger partial charge in [0.15, 0.2) is 5.17 Å². The lowest BCUT2D eigenvalue weighted by Gasteiger charge is -1.88. The number of amidine groups is 1. The highest BCUT2D eigenvalue weighted by Crippen LogP contribution is 2.04. The molecule has 60 valence electrons. The summed E-state index contributed by atoms with van der Waals surface area (Å²) in [5.74, 6) is 1.12. The van der Waals surface area contributed by atoms with Crippen molar-refractivity contribution in [3.8, 4) is 0 Å². The summed E-state index contributed by atoms with van der Waals surface area (Å²) in [7, 11) is 0. The van der Waals surface area contributed by atoms with Crippen LogP contribution in [0.1, 0.15) is 5.82 Å². The topological polar surface area (TPSA) is 80.0 Å². The van der Waals surface area contributed by atoms with E-state index in [1.54, 1.807) is 6.92 Å². The molecule has 1 rings (SSSR count). The fourth-order valence-corrected chi connectivity index (χ4v) is 0.698. The first-order valence-electron chi connectivity index (χ1n) is 2.99. The Balaban J connectivity index is 2.78. The Hall–Kier alpha value is -1.04. The van der Waals surface area contributed by atoms with Crippen molar-refractivity contribution in [1.29, 1.82) is 0 Å². The Kier molecular flexibility index (Phi) is 2.48. The quantitative estimate of drug-likeness (QED) is 0.474. The van der Waals surface area contributed by atoms with Crippen molar-refractivity contribution in [2.24, 2.45) is 10.7 Å². The van der Waals surface area contributed by atoms with Crippen molar-refractivity contribution in [2.45, 2.75) is 6.92 Å². The number of aliphatic imine (C=N–C) groups is 1. The van der Waals surface area contributed by atoms with Crippen LogP contribution in [0.15, 0.2) is 4.99 Å². The molecule has 0 radical (unpaired) electrons. The van der Waals surface area contributed by atoms with Crippen LogP contribution in [-0.4, -0.2) is 26.6 Å². The van der Waals surface area contributed by atoms with Crippen molar-refractivity contribution in [1.82, 2.24) is 15.2 Å². The smallest absolute Gasteiger partial charge is 0.270 e. The molecule has 0 bridgehead atoms. The minimum absolute atomic E-state index is 0.384. The second-order valence-electron chi connectivity index (χ2n) is 1.87. The number of nitrogens with two attached hydrogens (primary N) is 1. The third-order valence-electron chi connectivity index (χ3n) is 1.00. The van der Waals surface area contributed by atoms with Crippen LogP contribution in [0, 0.1) is 6.92 Å². The minimum Gasteiger partial charge on any atom is -0.378 e. The molecule has 1 aromatic rings. The summed E-state index contributed by atoms with van der Waals surface area (Å²) < 4.78 is 0. The standard InChI is InChI=1S/C5H9N5S/c1-3-7-5(10-9-3)8-4(6)11-2/h1-2H3,(H3,6,7,8,9,10). The summed E-state index contributed by atoms with van der Waals surface area (Å²) in [6.07, 6.45) is 1.85. The van der Waals surface area contributed by atoms with Crippen LogP contribution >= 0.6 is 11.8 Å². The van der Waals surface area contributed by atoms with E-state index in [2.05, 4.69) is 20.2 Å². The Bertz CT molecular complexity index is 266. The molecule has 3 N–H and O–H groups in total. The van der Waals surface area contributed by atoms with E-state index in [-0.39, 0.29) is 0 Å². The zero-order chi connectivity index (χ0) is 8.27. The van der Waals surface area contributed by atoms with E-state index in [9.17, 15) is 0 Å². The molecule has 0 fully saturated rings. The van der Waals surface area contributed by atoms with Crippen LogP contribution in [0.2, 0.25) is 0 Å². The van der Waals surface area contributed by atoms with Crippen LogP contribution in [0.25, 0.3) is 0 Å². The van der Waals surface area contributed by atoms with Gasteiger partial charge in [-0.05, 0) is 13.2 Å². The fraction of sp³-hybridized carbons (Fsp3) is 0.400.